The summed E-state index contributed by atoms with van der Waals surface area (Å²) < 4.78 is 5.60. The van der Waals surface area contributed by atoms with E-state index < -0.39 is 0 Å². The maximum Gasteiger partial charge on any atom is 0.231 e. The molecule has 1 aromatic rings. The summed E-state index contributed by atoms with van der Waals surface area (Å²) in [4.78, 5) is 14.1. The molecule has 2 heterocycles. The molecule has 4 heteroatoms. The molecule has 3 rings (SSSR count). The average molecular weight is 233 g/mol. The second kappa shape index (κ2) is 3.87. The van der Waals surface area contributed by atoms with Crippen molar-refractivity contribution in [2.75, 3.05) is 6.54 Å². The van der Waals surface area contributed by atoms with E-state index in [-0.39, 0.29) is 12.1 Å². The van der Waals surface area contributed by atoms with Crippen LogP contribution in [0.1, 0.15) is 6.42 Å². The van der Waals surface area contributed by atoms with Crippen molar-refractivity contribution < 1.29 is 9.53 Å². The summed E-state index contributed by atoms with van der Waals surface area (Å²) in [6, 6.07) is 10.1. The predicted molar refractivity (Wildman–Crippen MR) is 61.6 cm³/mol. The molecule has 0 aromatic heterocycles. The fourth-order valence-corrected chi connectivity index (χ4v) is 2.51. The Hall–Kier alpha value is -1.42. The van der Waals surface area contributed by atoms with Crippen LogP contribution in [0, 0.1) is 0 Å². The Morgan fingerprint density at radius 1 is 1.38 bits per heavy atom. The van der Waals surface area contributed by atoms with Crippen molar-refractivity contribution in [3.63, 3.8) is 0 Å². The number of thioether (sulfide) groups is 1. The van der Waals surface area contributed by atoms with E-state index in [2.05, 4.69) is 12.1 Å². The van der Waals surface area contributed by atoms with Gasteiger partial charge in [-0.2, -0.15) is 0 Å². The summed E-state index contributed by atoms with van der Waals surface area (Å²) in [6.45, 7) is 0.628. The molecule has 1 aromatic carbocycles. The number of amides is 1. The summed E-state index contributed by atoms with van der Waals surface area (Å²) in [6.07, 6.45) is 0.544. The minimum Gasteiger partial charge on any atom is -0.472 e. The molecule has 1 atom stereocenters. The Morgan fingerprint density at radius 2 is 2.19 bits per heavy atom. The summed E-state index contributed by atoms with van der Waals surface area (Å²) in [7, 11) is 0. The van der Waals surface area contributed by atoms with Gasteiger partial charge in [0.2, 0.25) is 5.91 Å². The zero-order chi connectivity index (χ0) is 11.0. The molecule has 2 aliphatic rings. The molecule has 0 unspecified atom stereocenters. The number of benzene rings is 1. The first-order valence-electron chi connectivity index (χ1n) is 5.20. The molecule has 82 valence electrons. The summed E-state index contributed by atoms with van der Waals surface area (Å²) >= 11 is 1.63. The molecular weight excluding hydrogens is 222 g/mol. The SMILES string of the molecule is O=C1C[C@@H]2OC(=CSc3ccccc3)CN12. The van der Waals surface area contributed by atoms with Gasteiger partial charge in [-0.15, -0.1) is 0 Å². The normalized spacial score (nSPS) is 25.2. The largest absolute Gasteiger partial charge is 0.472 e. The van der Waals surface area contributed by atoms with Crippen molar-refractivity contribution in [2.24, 2.45) is 0 Å². The second-order valence-electron chi connectivity index (χ2n) is 3.81. The lowest BCUT2D eigenvalue weighted by Gasteiger charge is -2.30. The molecule has 2 aliphatic heterocycles. The van der Waals surface area contributed by atoms with E-state index in [1.54, 1.807) is 16.7 Å². The molecule has 3 nitrogen and oxygen atoms in total. The Balaban J connectivity index is 1.65. The molecule has 0 radical (unpaired) electrons. The number of β-lactam (4-membered cyclic amide) rings is 1. The standard InChI is InChI=1S/C12H11NO2S/c14-11-6-12-13(11)7-9(15-12)8-16-10-4-2-1-3-5-10/h1-5,8,12H,6-7H2/t12-/m0/s1. The van der Waals surface area contributed by atoms with Gasteiger partial charge in [-0.1, -0.05) is 30.0 Å². The van der Waals surface area contributed by atoms with Crippen LogP contribution in [0.2, 0.25) is 0 Å². The molecule has 0 saturated carbocycles. The first kappa shape index (κ1) is 9.78. The lowest BCUT2D eigenvalue weighted by Crippen LogP contribution is -2.48. The van der Waals surface area contributed by atoms with Crippen LogP contribution in [-0.4, -0.2) is 23.6 Å². The number of ether oxygens (including phenoxy) is 1. The van der Waals surface area contributed by atoms with Crippen LogP contribution in [0.15, 0.2) is 46.4 Å². The van der Waals surface area contributed by atoms with Gasteiger partial charge in [0.05, 0.1) is 13.0 Å². The van der Waals surface area contributed by atoms with Gasteiger partial charge in [0.25, 0.3) is 0 Å². The van der Waals surface area contributed by atoms with Crippen molar-refractivity contribution >= 4 is 17.7 Å². The predicted octanol–water partition coefficient (Wildman–Crippen LogP) is 2.21. The lowest BCUT2D eigenvalue weighted by molar-refractivity contribution is -0.153. The van der Waals surface area contributed by atoms with Crippen LogP contribution in [0.5, 0.6) is 0 Å². The number of carbonyl (C=O) groups excluding carboxylic acids is 1. The molecule has 0 spiro atoms. The molecule has 2 saturated heterocycles. The van der Waals surface area contributed by atoms with Crippen molar-refractivity contribution in [1.29, 1.82) is 0 Å². The minimum absolute atomic E-state index is 0.00937. The van der Waals surface area contributed by atoms with E-state index in [0.717, 1.165) is 5.76 Å². The van der Waals surface area contributed by atoms with Gasteiger partial charge >= 0.3 is 0 Å². The van der Waals surface area contributed by atoms with Gasteiger partial charge in [-0.3, -0.25) is 9.69 Å². The minimum atomic E-state index is 0.00937. The van der Waals surface area contributed by atoms with E-state index in [4.69, 9.17) is 4.74 Å². The van der Waals surface area contributed by atoms with E-state index >= 15 is 0 Å². The van der Waals surface area contributed by atoms with Gasteiger partial charge in [-0.25, -0.2) is 0 Å². The van der Waals surface area contributed by atoms with Gasteiger partial charge in [0.1, 0.15) is 5.76 Å². The topological polar surface area (TPSA) is 29.5 Å². The number of nitrogens with zero attached hydrogens (tertiary/aromatic N) is 1. The van der Waals surface area contributed by atoms with Crippen molar-refractivity contribution in [2.45, 2.75) is 17.5 Å². The number of rotatable bonds is 2. The number of carbonyl (C=O) groups is 1. The van der Waals surface area contributed by atoms with Crippen LogP contribution in [-0.2, 0) is 9.53 Å². The summed E-state index contributed by atoms with van der Waals surface area (Å²) in [5, 5.41) is 1.99. The van der Waals surface area contributed by atoms with Crippen molar-refractivity contribution in [1.82, 2.24) is 4.90 Å². The molecule has 16 heavy (non-hydrogen) atoms. The van der Waals surface area contributed by atoms with E-state index in [1.807, 2.05) is 23.6 Å². The van der Waals surface area contributed by atoms with Crippen molar-refractivity contribution in [3.05, 3.63) is 41.5 Å². The lowest BCUT2D eigenvalue weighted by atomic mass is 10.2. The number of fused-ring (bicyclic) bond motifs is 1. The smallest absolute Gasteiger partial charge is 0.231 e. The fraction of sp³-hybridized carbons (Fsp3) is 0.250. The third kappa shape index (κ3) is 1.69. The average Bonchev–Trinajstić information content (AvgIpc) is 2.65. The summed E-state index contributed by atoms with van der Waals surface area (Å²) in [5.74, 6) is 1.09. The molecule has 1 amide bonds. The Labute approximate surface area is 98.1 Å². The maximum absolute atomic E-state index is 11.1. The summed E-state index contributed by atoms with van der Waals surface area (Å²) in [5.41, 5.74) is 0. The van der Waals surface area contributed by atoms with Gasteiger partial charge in [0, 0.05) is 10.3 Å². The number of hydrogen-bond donors (Lipinski definition) is 0. The van der Waals surface area contributed by atoms with E-state index in [9.17, 15) is 4.79 Å². The quantitative estimate of drug-likeness (QED) is 0.579. The highest BCUT2D eigenvalue weighted by molar-refractivity contribution is 8.02. The van der Waals surface area contributed by atoms with Gasteiger partial charge in [0.15, 0.2) is 6.23 Å². The zero-order valence-corrected chi connectivity index (χ0v) is 9.44. The van der Waals surface area contributed by atoms with E-state index in [1.165, 1.54) is 4.90 Å². The maximum atomic E-state index is 11.1. The highest BCUT2D eigenvalue weighted by atomic mass is 32.2. The molecule has 0 N–H and O–H groups in total. The molecule has 2 fully saturated rings. The highest BCUT2D eigenvalue weighted by Crippen LogP contribution is 2.32. The molecule has 0 aliphatic carbocycles. The number of hydrogen-bond acceptors (Lipinski definition) is 3. The third-order valence-corrected chi connectivity index (χ3v) is 3.63. The van der Waals surface area contributed by atoms with Crippen LogP contribution in [0.3, 0.4) is 0 Å². The van der Waals surface area contributed by atoms with Crippen LogP contribution in [0.4, 0.5) is 0 Å². The Morgan fingerprint density at radius 3 is 2.88 bits per heavy atom. The zero-order valence-electron chi connectivity index (χ0n) is 8.63. The van der Waals surface area contributed by atoms with Gasteiger partial charge in [-0.05, 0) is 12.1 Å². The van der Waals surface area contributed by atoms with E-state index in [0.29, 0.717) is 13.0 Å². The molecular formula is C12H11NO2S. The first-order valence-corrected chi connectivity index (χ1v) is 6.08. The van der Waals surface area contributed by atoms with Gasteiger partial charge < -0.3 is 4.74 Å². The fourth-order valence-electron chi connectivity index (χ4n) is 1.80. The molecule has 0 bridgehead atoms. The third-order valence-electron chi connectivity index (χ3n) is 2.70. The van der Waals surface area contributed by atoms with Crippen LogP contribution < -0.4 is 0 Å². The Bertz CT molecular complexity index is 444. The monoisotopic (exact) mass is 233 g/mol. The first-order chi connectivity index (χ1) is 7.83. The highest BCUT2D eigenvalue weighted by Gasteiger charge is 2.43. The Kier molecular flexibility index (Phi) is 2.36. The van der Waals surface area contributed by atoms with Crippen LogP contribution >= 0.6 is 11.8 Å². The second-order valence-corrected chi connectivity index (χ2v) is 4.76. The van der Waals surface area contributed by atoms with Crippen LogP contribution in [0.25, 0.3) is 0 Å². The van der Waals surface area contributed by atoms with Crippen molar-refractivity contribution in [3.8, 4) is 0 Å².